The molecule has 1 aromatic heterocycles. The number of amides is 2. The van der Waals surface area contributed by atoms with E-state index in [1.165, 1.54) is 0 Å². The van der Waals surface area contributed by atoms with Crippen LogP contribution in [0.3, 0.4) is 0 Å². The number of rotatable bonds is 4. The van der Waals surface area contributed by atoms with Gasteiger partial charge < -0.3 is 15.2 Å². The van der Waals surface area contributed by atoms with Crippen molar-refractivity contribution >= 4 is 11.8 Å². The van der Waals surface area contributed by atoms with Gasteiger partial charge in [0.25, 0.3) is 5.91 Å². The molecule has 0 aliphatic carbocycles. The van der Waals surface area contributed by atoms with Gasteiger partial charge in [0.05, 0.1) is 6.54 Å². The molecule has 1 atom stereocenters. The Bertz CT molecular complexity index is 475. The molecule has 2 amide bonds. The Morgan fingerprint density at radius 3 is 2.89 bits per heavy atom. The average Bonchev–Trinajstić information content (AvgIpc) is 2.96. The highest BCUT2D eigenvalue weighted by Crippen LogP contribution is 2.12. The van der Waals surface area contributed by atoms with Crippen LogP contribution in [0.15, 0.2) is 18.3 Å². The highest BCUT2D eigenvalue weighted by Gasteiger charge is 2.28. The molecule has 104 valence electrons. The molecule has 0 radical (unpaired) electrons. The number of hydrogen-bond donors (Lipinski definition) is 3. The predicted octanol–water partition coefficient (Wildman–Crippen LogP) is -0.377. The number of nitrogens with zero attached hydrogens (tertiary/aromatic N) is 1. The van der Waals surface area contributed by atoms with Crippen molar-refractivity contribution in [3.8, 4) is 0 Å². The Kier molecular flexibility index (Phi) is 4.01. The van der Waals surface area contributed by atoms with Crippen LogP contribution in [0.25, 0.3) is 0 Å². The van der Waals surface area contributed by atoms with Crippen molar-refractivity contribution in [2.45, 2.75) is 18.9 Å². The van der Waals surface area contributed by atoms with E-state index in [0.717, 1.165) is 19.5 Å². The maximum atomic E-state index is 11.8. The van der Waals surface area contributed by atoms with Crippen molar-refractivity contribution < 1.29 is 9.59 Å². The number of hydrogen-bond acceptors (Lipinski definition) is 4. The molecule has 1 aromatic rings. The molecule has 1 fully saturated rings. The third-order valence-corrected chi connectivity index (χ3v) is 3.47. The molecule has 1 unspecified atom stereocenters. The van der Waals surface area contributed by atoms with E-state index in [1.54, 1.807) is 29.9 Å². The molecule has 1 aliphatic heterocycles. The first-order chi connectivity index (χ1) is 9.00. The van der Waals surface area contributed by atoms with Crippen molar-refractivity contribution in [1.82, 2.24) is 20.5 Å². The minimum atomic E-state index is -0.367. The molecule has 6 heteroatoms. The first-order valence-electron chi connectivity index (χ1n) is 6.41. The molecule has 2 heterocycles. The average molecular weight is 264 g/mol. The van der Waals surface area contributed by atoms with E-state index in [2.05, 4.69) is 22.9 Å². The minimum Gasteiger partial charge on any atom is -0.347 e. The van der Waals surface area contributed by atoms with E-state index in [4.69, 9.17) is 0 Å². The van der Waals surface area contributed by atoms with Gasteiger partial charge in [-0.2, -0.15) is 0 Å². The molecule has 19 heavy (non-hydrogen) atoms. The zero-order valence-corrected chi connectivity index (χ0v) is 11.3. The molecule has 3 N–H and O–H groups in total. The molecule has 0 spiro atoms. The van der Waals surface area contributed by atoms with E-state index in [-0.39, 0.29) is 23.9 Å². The van der Waals surface area contributed by atoms with Crippen molar-refractivity contribution in [3.63, 3.8) is 0 Å². The molecule has 6 nitrogen and oxygen atoms in total. The standard InChI is InChI=1S/C13H20N4O2/c1-13(5-6-14-9-13)15-8-11(18)16-12(19)10-4-3-7-17(10)2/h3-4,7,14-15H,5-6,8-9H2,1-2H3,(H,16,18,19). The van der Waals surface area contributed by atoms with Crippen LogP contribution in [0, 0.1) is 0 Å². The van der Waals surface area contributed by atoms with Gasteiger partial charge in [-0.05, 0) is 32.0 Å². The van der Waals surface area contributed by atoms with Crippen LogP contribution in [0.4, 0.5) is 0 Å². The number of carbonyl (C=O) groups excluding carboxylic acids is 2. The van der Waals surface area contributed by atoms with Gasteiger partial charge in [-0.1, -0.05) is 0 Å². The van der Waals surface area contributed by atoms with Gasteiger partial charge in [0.2, 0.25) is 5.91 Å². The molecular weight excluding hydrogens is 244 g/mol. The summed E-state index contributed by atoms with van der Waals surface area (Å²) in [6, 6.07) is 3.45. The van der Waals surface area contributed by atoms with Crippen LogP contribution >= 0.6 is 0 Å². The fourth-order valence-corrected chi connectivity index (χ4v) is 2.19. The summed E-state index contributed by atoms with van der Waals surface area (Å²) in [5.41, 5.74) is 0.410. The normalized spacial score (nSPS) is 22.4. The van der Waals surface area contributed by atoms with Crippen LogP contribution in [-0.2, 0) is 11.8 Å². The SMILES string of the molecule is Cn1cccc1C(=O)NC(=O)CNC1(C)CCNC1. The number of carbonyl (C=O) groups is 2. The fraction of sp³-hybridized carbons (Fsp3) is 0.538. The van der Waals surface area contributed by atoms with Gasteiger partial charge in [0, 0.05) is 25.3 Å². The Morgan fingerprint density at radius 2 is 2.32 bits per heavy atom. The molecular formula is C13H20N4O2. The van der Waals surface area contributed by atoms with Crippen LogP contribution in [-0.4, -0.2) is 41.6 Å². The second-order valence-corrected chi connectivity index (χ2v) is 5.22. The van der Waals surface area contributed by atoms with Crippen LogP contribution in [0.1, 0.15) is 23.8 Å². The van der Waals surface area contributed by atoms with Crippen molar-refractivity contribution in [3.05, 3.63) is 24.0 Å². The Hall–Kier alpha value is -1.66. The largest absolute Gasteiger partial charge is 0.347 e. The highest BCUT2D eigenvalue weighted by molar-refractivity contribution is 6.04. The van der Waals surface area contributed by atoms with E-state index in [9.17, 15) is 9.59 Å². The van der Waals surface area contributed by atoms with Gasteiger partial charge in [-0.25, -0.2) is 0 Å². The van der Waals surface area contributed by atoms with Crippen LogP contribution in [0.2, 0.25) is 0 Å². The lowest BCUT2D eigenvalue weighted by molar-refractivity contribution is -0.119. The van der Waals surface area contributed by atoms with E-state index in [0.29, 0.717) is 5.69 Å². The summed E-state index contributed by atoms with van der Waals surface area (Å²) in [6.07, 6.45) is 2.74. The summed E-state index contributed by atoms with van der Waals surface area (Å²) >= 11 is 0. The molecule has 1 saturated heterocycles. The van der Waals surface area contributed by atoms with Crippen molar-refractivity contribution in [2.24, 2.45) is 7.05 Å². The summed E-state index contributed by atoms with van der Waals surface area (Å²) in [5.74, 6) is -0.673. The van der Waals surface area contributed by atoms with Crippen LogP contribution < -0.4 is 16.0 Å². The second kappa shape index (κ2) is 5.54. The summed E-state index contributed by atoms with van der Waals surface area (Å²) in [6.45, 7) is 4.01. The molecule has 0 bridgehead atoms. The number of aromatic nitrogens is 1. The van der Waals surface area contributed by atoms with Gasteiger partial charge in [0.1, 0.15) is 5.69 Å². The first-order valence-corrected chi connectivity index (χ1v) is 6.41. The summed E-state index contributed by atoms with van der Waals surface area (Å²) < 4.78 is 1.68. The topological polar surface area (TPSA) is 75.2 Å². The quantitative estimate of drug-likeness (QED) is 0.693. The van der Waals surface area contributed by atoms with E-state index >= 15 is 0 Å². The second-order valence-electron chi connectivity index (χ2n) is 5.22. The lowest BCUT2D eigenvalue weighted by Crippen LogP contribution is -2.49. The number of aryl methyl sites for hydroxylation is 1. The third kappa shape index (κ3) is 3.42. The zero-order valence-electron chi connectivity index (χ0n) is 11.3. The minimum absolute atomic E-state index is 0.0641. The highest BCUT2D eigenvalue weighted by atomic mass is 16.2. The summed E-state index contributed by atoms with van der Waals surface area (Å²) in [4.78, 5) is 23.6. The monoisotopic (exact) mass is 264 g/mol. The maximum Gasteiger partial charge on any atom is 0.274 e. The first kappa shape index (κ1) is 13.8. The van der Waals surface area contributed by atoms with Gasteiger partial charge in [-0.15, -0.1) is 0 Å². The van der Waals surface area contributed by atoms with E-state index in [1.807, 2.05) is 0 Å². The Balaban J connectivity index is 1.81. The Morgan fingerprint density at radius 1 is 1.53 bits per heavy atom. The van der Waals surface area contributed by atoms with Gasteiger partial charge in [-0.3, -0.25) is 14.9 Å². The smallest absolute Gasteiger partial charge is 0.274 e. The summed E-state index contributed by atoms with van der Waals surface area (Å²) in [5, 5.41) is 8.81. The maximum absolute atomic E-state index is 11.8. The lowest BCUT2D eigenvalue weighted by atomic mass is 10.0. The van der Waals surface area contributed by atoms with Crippen molar-refractivity contribution in [1.29, 1.82) is 0 Å². The summed E-state index contributed by atoms with van der Waals surface area (Å²) in [7, 11) is 1.77. The fourth-order valence-electron chi connectivity index (χ4n) is 2.19. The van der Waals surface area contributed by atoms with Gasteiger partial charge >= 0.3 is 0 Å². The molecule has 0 aromatic carbocycles. The Labute approximate surface area is 112 Å². The van der Waals surface area contributed by atoms with E-state index < -0.39 is 0 Å². The zero-order chi connectivity index (χ0) is 13.9. The number of nitrogens with one attached hydrogen (secondary N) is 3. The molecule has 0 saturated carbocycles. The molecule has 2 rings (SSSR count). The lowest BCUT2D eigenvalue weighted by Gasteiger charge is -2.23. The third-order valence-electron chi connectivity index (χ3n) is 3.47. The predicted molar refractivity (Wildman–Crippen MR) is 71.8 cm³/mol. The molecule has 1 aliphatic rings. The van der Waals surface area contributed by atoms with Gasteiger partial charge in [0.15, 0.2) is 0 Å². The van der Waals surface area contributed by atoms with Crippen molar-refractivity contribution in [2.75, 3.05) is 19.6 Å². The number of imide groups is 1. The van der Waals surface area contributed by atoms with Crippen LogP contribution in [0.5, 0.6) is 0 Å².